The van der Waals surface area contributed by atoms with Gasteiger partial charge in [0, 0.05) is 13.0 Å². The molecule has 0 radical (unpaired) electrons. The van der Waals surface area contributed by atoms with Crippen LogP contribution in [-0.4, -0.2) is 19.5 Å². The van der Waals surface area contributed by atoms with Crippen LogP contribution in [0.1, 0.15) is 17.0 Å². The maximum atomic E-state index is 4.68. The Bertz CT molecular complexity index is 1170. The summed E-state index contributed by atoms with van der Waals surface area (Å²) in [5.41, 5.74) is 6.82. The second kappa shape index (κ2) is 6.15. The van der Waals surface area contributed by atoms with Crippen molar-refractivity contribution in [3.63, 3.8) is 0 Å². The van der Waals surface area contributed by atoms with Crippen LogP contribution in [0, 0.1) is 0 Å². The van der Waals surface area contributed by atoms with Crippen LogP contribution in [0.3, 0.4) is 0 Å². The van der Waals surface area contributed by atoms with E-state index < -0.39 is 0 Å². The Morgan fingerprint density at radius 2 is 1.62 bits per heavy atom. The van der Waals surface area contributed by atoms with Gasteiger partial charge in [0.1, 0.15) is 5.82 Å². The van der Waals surface area contributed by atoms with Gasteiger partial charge in [-0.2, -0.15) is 0 Å². The quantitative estimate of drug-likeness (QED) is 0.522. The Balaban J connectivity index is 1.41. The first kappa shape index (κ1) is 14.9. The molecule has 2 heterocycles. The summed E-state index contributed by atoms with van der Waals surface area (Å²) < 4.78 is 2.19. The normalized spacial score (nSPS) is 11.4. The molecule has 1 N–H and O–H groups in total. The minimum Gasteiger partial charge on any atom is -0.342 e. The van der Waals surface area contributed by atoms with E-state index in [1.807, 2.05) is 36.7 Å². The first-order valence-corrected chi connectivity index (χ1v) is 8.76. The molecule has 0 fully saturated rings. The van der Waals surface area contributed by atoms with Crippen molar-refractivity contribution in [3.05, 3.63) is 96.1 Å². The number of aromatic nitrogens is 4. The highest BCUT2D eigenvalue weighted by Crippen LogP contribution is 2.17. The predicted molar refractivity (Wildman–Crippen MR) is 104 cm³/mol. The Morgan fingerprint density at radius 1 is 0.808 bits per heavy atom. The Kier molecular flexibility index (Phi) is 3.53. The zero-order valence-electron chi connectivity index (χ0n) is 14.3. The fourth-order valence-electron chi connectivity index (χ4n) is 3.45. The second-order valence-corrected chi connectivity index (χ2v) is 6.56. The fourth-order valence-corrected chi connectivity index (χ4v) is 3.45. The molecule has 0 amide bonds. The largest absolute Gasteiger partial charge is 0.342 e. The molecular formula is C22H18N4. The lowest BCUT2D eigenvalue weighted by Gasteiger charge is -2.07. The molecule has 0 aliphatic heterocycles. The lowest BCUT2D eigenvalue weighted by Crippen LogP contribution is -1.99. The van der Waals surface area contributed by atoms with Crippen LogP contribution in [0.5, 0.6) is 0 Å². The lowest BCUT2D eigenvalue weighted by atomic mass is 10.1. The maximum Gasteiger partial charge on any atom is 0.111 e. The molecule has 4 heteroatoms. The van der Waals surface area contributed by atoms with Crippen molar-refractivity contribution < 1.29 is 0 Å². The van der Waals surface area contributed by atoms with E-state index in [2.05, 4.69) is 62.0 Å². The number of para-hydroxylation sites is 4. The summed E-state index contributed by atoms with van der Waals surface area (Å²) in [6, 6.07) is 25.1. The predicted octanol–water partition coefficient (Wildman–Crippen LogP) is 4.55. The summed E-state index contributed by atoms with van der Waals surface area (Å²) in [6.07, 6.45) is 2.71. The summed E-state index contributed by atoms with van der Waals surface area (Å²) in [5.74, 6) is 0.997. The monoisotopic (exact) mass is 338 g/mol. The number of benzene rings is 3. The van der Waals surface area contributed by atoms with Gasteiger partial charge in [-0.25, -0.2) is 9.97 Å². The molecule has 0 saturated heterocycles. The molecule has 0 aliphatic carbocycles. The highest BCUT2D eigenvalue weighted by atomic mass is 15.0. The van der Waals surface area contributed by atoms with Gasteiger partial charge >= 0.3 is 0 Å². The Morgan fingerprint density at radius 3 is 2.54 bits per heavy atom. The smallest absolute Gasteiger partial charge is 0.111 e. The third kappa shape index (κ3) is 2.75. The molecule has 0 unspecified atom stereocenters. The van der Waals surface area contributed by atoms with E-state index in [1.165, 1.54) is 11.1 Å². The number of rotatable bonds is 4. The van der Waals surface area contributed by atoms with E-state index in [4.69, 9.17) is 0 Å². The molecule has 2 aromatic heterocycles. The van der Waals surface area contributed by atoms with Crippen LogP contribution >= 0.6 is 0 Å². The SMILES string of the molecule is c1cc(Cc2nc3ccccc3[nH]2)cc(Cn2cnc3ccccc32)c1. The summed E-state index contributed by atoms with van der Waals surface area (Å²) in [7, 11) is 0. The van der Waals surface area contributed by atoms with Crippen molar-refractivity contribution in [3.8, 4) is 0 Å². The van der Waals surface area contributed by atoms with Gasteiger partial charge in [0.25, 0.3) is 0 Å². The first-order valence-electron chi connectivity index (χ1n) is 8.76. The maximum absolute atomic E-state index is 4.68. The van der Waals surface area contributed by atoms with Crippen LogP contribution in [0.25, 0.3) is 22.1 Å². The summed E-state index contributed by atoms with van der Waals surface area (Å²) in [6.45, 7) is 0.814. The van der Waals surface area contributed by atoms with Crippen molar-refractivity contribution in [2.75, 3.05) is 0 Å². The van der Waals surface area contributed by atoms with Gasteiger partial charge in [0.05, 0.1) is 28.4 Å². The molecule has 3 aromatic carbocycles. The van der Waals surface area contributed by atoms with Crippen molar-refractivity contribution in [2.24, 2.45) is 0 Å². The number of aromatic amines is 1. The zero-order valence-corrected chi connectivity index (χ0v) is 14.3. The Hall–Kier alpha value is -3.40. The van der Waals surface area contributed by atoms with Crippen molar-refractivity contribution >= 4 is 22.1 Å². The van der Waals surface area contributed by atoms with Crippen LogP contribution < -0.4 is 0 Å². The fraction of sp³-hybridized carbons (Fsp3) is 0.0909. The number of imidazole rings is 2. The molecule has 0 saturated carbocycles. The van der Waals surface area contributed by atoms with E-state index in [9.17, 15) is 0 Å². The third-order valence-electron chi connectivity index (χ3n) is 4.68. The van der Waals surface area contributed by atoms with E-state index >= 15 is 0 Å². The second-order valence-electron chi connectivity index (χ2n) is 6.56. The zero-order chi connectivity index (χ0) is 17.3. The minimum atomic E-state index is 0.799. The van der Waals surface area contributed by atoms with Gasteiger partial charge in [-0.05, 0) is 35.4 Å². The number of fused-ring (bicyclic) bond motifs is 2. The van der Waals surface area contributed by atoms with Crippen molar-refractivity contribution in [1.29, 1.82) is 0 Å². The van der Waals surface area contributed by atoms with Gasteiger partial charge in [0.15, 0.2) is 0 Å². The van der Waals surface area contributed by atoms with Crippen LogP contribution in [0.15, 0.2) is 79.1 Å². The van der Waals surface area contributed by atoms with E-state index in [0.29, 0.717) is 0 Å². The molecule has 126 valence electrons. The topological polar surface area (TPSA) is 46.5 Å². The van der Waals surface area contributed by atoms with Gasteiger partial charge < -0.3 is 9.55 Å². The molecule has 5 rings (SSSR count). The molecule has 0 bridgehead atoms. The van der Waals surface area contributed by atoms with E-state index in [-0.39, 0.29) is 0 Å². The summed E-state index contributed by atoms with van der Waals surface area (Å²) >= 11 is 0. The van der Waals surface area contributed by atoms with E-state index in [1.54, 1.807) is 0 Å². The molecule has 26 heavy (non-hydrogen) atoms. The highest BCUT2D eigenvalue weighted by molar-refractivity contribution is 5.75. The van der Waals surface area contributed by atoms with Gasteiger partial charge in [-0.3, -0.25) is 0 Å². The summed E-state index contributed by atoms with van der Waals surface area (Å²) in [5, 5.41) is 0. The van der Waals surface area contributed by atoms with Crippen molar-refractivity contribution in [1.82, 2.24) is 19.5 Å². The molecule has 0 atom stereocenters. The van der Waals surface area contributed by atoms with Crippen LogP contribution in [0.2, 0.25) is 0 Å². The minimum absolute atomic E-state index is 0.799. The van der Waals surface area contributed by atoms with Gasteiger partial charge in [-0.1, -0.05) is 48.5 Å². The molecule has 0 spiro atoms. The standard InChI is InChI=1S/C22H18N4/c1-2-9-19-18(8-1)24-22(25-19)13-16-6-5-7-17(12-16)14-26-15-23-20-10-3-4-11-21(20)26/h1-12,15H,13-14H2,(H,24,25). The average Bonchev–Trinajstić information content (AvgIpc) is 3.26. The number of nitrogens with zero attached hydrogens (tertiary/aromatic N) is 3. The van der Waals surface area contributed by atoms with Gasteiger partial charge in [-0.15, -0.1) is 0 Å². The summed E-state index contributed by atoms with van der Waals surface area (Å²) in [4.78, 5) is 12.6. The molecule has 5 aromatic rings. The van der Waals surface area contributed by atoms with Gasteiger partial charge in [0.2, 0.25) is 0 Å². The van der Waals surface area contributed by atoms with Crippen LogP contribution in [-0.2, 0) is 13.0 Å². The lowest BCUT2D eigenvalue weighted by molar-refractivity contribution is 0.822. The average molecular weight is 338 g/mol. The highest BCUT2D eigenvalue weighted by Gasteiger charge is 2.06. The van der Waals surface area contributed by atoms with Crippen LogP contribution in [0.4, 0.5) is 0 Å². The number of hydrogen-bond donors (Lipinski definition) is 1. The van der Waals surface area contributed by atoms with Crippen molar-refractivity contribution in [2.45, 2.75) is 13.0 Å². The molecule has 0 aliphatic rings. The molecular weight excluding hydrogens is 320 g/mol. The Labute approximate surface area is 151 Å². The number of H-pyrrole nitrogens is 1. The third-order valence-corrected chi connectivity index (χ3v) is 4.68. The van der Waals surface area contributed by atoms with E-state index in [0.717, 1.165) is 40.9 Å². The first-order chi connectivity index (χ1) is 12.8. The molecule has 4 nitrogen and oxygen atoms in total. The number of nitrogens with one attached hydrogen (secondary N) is 1. The number of hydrogen-bond acceptors (Lipinski definition) is 2.